The third-order valence-electron chi connectivity index (χ3n) is 4.85. The lowest BCUT2D eigenvalue weighted by atomic mass is 9.89. The van der Waals surface area contributed by atoms with Gasteiger partial charge in [-0.25, -0.2) is 4.98 Å². The second-order valence-electron chi connectivity index (χ2n) is 5.93. The first-order chi connectivity index (χ1) is 10.4. The lowest BCUT2D eigenvalue weighted by Crippen LogP contribution is -2.11. The highest BCUT2D eigenvalue weighted by Gasteiger charge is 2.16. The molecule has 22 heavy (non-hydrogen) atoms. The summed E-state index contributed by atoms with van der Waals surface area (Å²) in [6, 6.07) is 7.45. The maximum atomic E-state index is 12.3. The number of benzene rings is 2. The molecular formula is C19H20N2O. The molecule has 0 spiro atoms. The van der Waals surface area contributed by atoms with Crippen LogP contribution in [0.3, 0.4) is 0 Å². The number of H-pyrrole nitrogens is 1. The Kier molecular flexibility index (Phi) is 3.36. The van der Waals surface area contributed by atoms with E-state index < -0.39 is 0 Å². The van der Waals surface area contributed by atoms with Gasteiger partial charge in [-0.2, -0.15) is 0 Å². The van der Waals surface area contributed by atoms with Crippen LogP contribution in [0.4, 0.5) is 0 Å². The number of para-hydroxylation sites is 1. The summed E-state index contributed by atoms with van der Waals surface area (Å²) >= 11 is 0. The highest BCUT2D eigenvalue weighted by atomic mass is 16.1. The van der Waals surface area contributed by atoms with E-state index in [-0.39, 0.29) is 5.56 Å². The number of hydrogen-bond acceptors (Lipinski definition) is 2. The predicted molar refractivity (Wildman–Crippen MR) is 91.5 cm³/mol. The molecule has 1 aromatic heterocycles. The minimum absolute atomic E-state index is 0.0877. The molecule has 0 aliphatic heterocycles. The first-order valence-corrected chi connectivity index (χ1v) is 7.48. The maximum Gasteiger partial charge on any atom is 0.259 e. The number of fused-ring (bicyclic) bond motifs is 1. The third kappa shape index (κ3) is 2.05. The van der Waals surface area contributed by atoms with Crippen molar-refractivity contribution in [2.75, 3.05) is 0 Å². The van der Waals surface area contributed by atoms with Gasteiger partial charge in [0.25, 0.3) is 5.56 Å². The van der Waals surface area contributed by atoms with Gasteiger partial charge >= 0.3 is 0 Å². The fraction of sp³-hybridized carbons (Fsp3) is 0.263. The van der Waals surface area contributed by atoms with Gasteiger partial charge in [-0.3, -0.25) is 4.79 Å². The van der Waals surface area contributed by atoms with Gasteiger partial charge in [0.1, 0.15) is 5.82 Å². The zero-order valence-corrected chi connectivity index (χ0v) is 13.7. The fourth-order valence-corrected chi connectivity index (χ4v) is 3.06. The van der Waals surface area contributed by atoms with Crippen molar-refractivity contribution in [3.05, 3.63) is 62.4 Å². The summed E-state index contributed by atoms with van der Waals surface area (Å²) in [6.07, 6.45) is 0. The Morgan fingerprint density at radius 3 is 2.00 bits per heavy atom. The lowest BCUT2D eigenvalue weighted by molar-refractivity contribution is 1.12. The summed E-state index contributed by atoms with van der Waals surface area (Å²) < 4.78 is 0. The molecule has 1 N–H and O–H groups in total. The number of hydrogen-bond donors (Lipinski definition) is 1. The minimum Gasteiger partial charge on any atom is -0.306 e. The van der Waals surface area contributed by atoms with Crippen LogP contribution in [0.15, 0.2) is 29.1 Å². The molecule has 0 saturated heterocycles. The Bertz CT molecular complexity index is 923. The van der Waals surface area contributed by atoms with Gasteiger partial charge in [-0.05, 0) is 74.6 Å². The largest absolute Gasteiger partial charge is 0.306 e. The van der Waals surface area contributed by atoms with E-state index in [1.807, 2.05) is 18.2 Å². The zero-order valence-electron chi connectivity index (χ0n) is 13.7. The summed E-state index contributed by atoms with van der Waals surface area (Å²) in [5.41, 5.74) is 7.87. The standard InChI is InChI=1S/C19H20N2O/c1-10-11(2)13(4)17(14(5)12(10)3)18-20-16-9-7-6-8-15(16)19(22)21-18/h6-9H,1-5H3,(H,20,21,22). The van der Waals surface area contributed by atoms with Gasteiger partial charge in [-0.1, -0.05) is 12.1 Å². The van der Waals surface area contributed by atoms with Crippen LogP contribution < -0.4 is 5.56 Å². The number of nitrogens with one attached hydrogen (secondary N) is 1. The van der Waals surface area contributed by atoms with E-state index in [1.165, 1.54) is 27.8 Å². The van der Waals surface area contributed by atoms with Gasteiger partial charge < -0.3 is 4.98 Å². The predicted octanol–water partition coefficient (Wildman–Crippen LogP) is 4.13. The molecule has 0 amide bonds. The third-order valence-corrected chi connectivity index (χ3v) is 4.85. The molecule has 112 valence electrons. The Hall–Kier alpha value is -2.42. The van der Waals surface area contributed by atoms with E-state index in [0.717, 1.165) is 11.1 Å². The van der Waals surface area contributed by atoms with Crippen LogP contribution >= 0.6 is 0 Å². The van der Waals surface area contributed by atoms with Gasteiger partial charge in [-0.15, -0.1) is 0 Å². The molecule has 3 aromatic rings. The maximum absolute atomic E-state index is 12.3. The summed E-state index contributed by atoms with van der Waals surface area (Å²) in [4.78, 5) is 20.0. The smallest absolute Gasteiger partial charge is 0.259 e. The highest BCUT2D eigenvalue weighted by Crippen LogP contribution is 2.32. The Labute approximate surface area is 130 Å². The van der Waals surface area contributed by atoms with Crippen molar-refractivity contribution in [2.45, 2.75) is 34.6 Å². The van der Waals surface area contributed by atoms with E-state index in [9.17, 15) is 4.79 Å². The van der Waals surface area contributed by atoms with Crippen LogP contribution in [-0.2, 0) is 0 Å². The fourth-order valence-electron chi connectivity index (χ4n) is 3.06. The van der Waals surface area contributed by atoms with Crippen LogP contribution in [0.5, 0.6) is 0 Å². The van der Waals surface area contributed by atoms with Crippen molar-refractivity contribution in [1.29, 1.82) is 0 Å². The lowest BCUT2D eigenvalue weighted by Gasteiger charge is -2.18. The van der Waals surface area contributed by atoms with Crippen molar-refractivity contribution in [1.82, 2.24) is 9.97 Å². The van der Waals surface area contributed by atoms with Crippen LogP contribution in [-0.4, -0.2) is 9.97 Å². The molecule has 3 nitrogen and oxygen atoms in total. The molecule has 0 bridgehead atoms. The van der Waals surface area contributed by atoms with E-state index in [4.69, 9.17) is 0 Å². The average molecular weight is 292 g/mol. The van der Waals surface area contributed by atoms with Crippen molar-refractivity contribution in [3.63, 3.8) is 0 Å². The summed E-state index contributed by atoms with van der Waals surface area (Å²) in [5, 5.41) is 0.627. The summed E-state index contributed by atoms with van der Waals surface area (Å²) in [6.45, 7) is 10.6. The molecule has 1 heterocycles. The molecule has 0 atom stereocenters. The van der Waals surface area contributed by atoms with E-state index in [1.54, 1.807) is 6.07 Å². The molecule has 0 radical (unpaired) electrons. The van der Waals surface area contributed by atoms with Crippen LogP contribution in [0.2, 0.25) is 0 Å². The Morgan fingerprint density at radius 1 is 0.818 bits per heavy atom. The molecule has 3 heteroatoms. The molecule has 0 aliphatic carbocycles. The molecule has 3 rings (SSSR count). The number of nitrogens with zero attached hydrogens (tertiary/aromatic N) is 1. The second-order valence-corrected chi connectivity index (χ2v) is 5.93. The molecule has 0 unspecified atom stereocenters. The average Bonchev–Trinajstić information content (AvgIpc) is 2.51. The van der Waals surface area contributed by atoms with Crippen LogP contribution in [0, 0.1) is 34.6 Å². The molecule has 2 aromatic carbocycles. The summed E-state index contributed by atoms with van der Waals surface area (Å²) in [5.74, 6) is 0.657. The molecule has 0 fully saturated rings. The molecular weight excluding hydrogens is 272 g/mol. The number of aromatic nitrogens is 2. The van der Waals surface area contributed by atoms with E-state index >= 15 is 0 Å². The van der Waals surface area contributed by atoms with Crippen molar-refractivity contribution in [2.24, 2.45) is 0 Å². The van der Waals surface area contributed by atoms with Gasteiger partial charge in [0.15, 0.2) is 0 Å². The number of rotatable bonds is 1. The van der Waals surface area contributed by atoms with E-state index in [0.29, 0.717) is 11.2 Å². The van der Waals surface area contributed by atoms with Crippen LogP contribution in [0.1, 0.15) is 27.8 Å². The van der Waals surface area contributed by atoms with Gasteiger partial charge in [0, 0.05) is 5.56 Å². The van der Waals surface area contributed by atoms with Crippen molar-refractivity contribution < 1.29 is 0 Å². The topological polar surface area (TPSA) is 45.8 Å². The molecule has 0 aliphatic rings. The zero-order chi connectivity index (χ0) is 16.0. The minimum atomic E-state index is -0.0877. The number of aromatic amines is 1. The highest BCUT2D eigenvalue weighted by molar-refractivity contribution is 5.80. The van der Waals surface area contributed by atoms with E-state index in [2.05, 4.69) is 44.6 Å². The van der Waals surface area contributed by atoms with Gasteiger partial charge in [0.05, 0.1) is 10.9 Å². The van der Waals surface area contributed by atoms with Crippen molar-refractivity contribution in [3.8, 4) is 11.4 Å². The normalized spacial score (nSPS) is 11.1. The Morgan fingerprint density at radius 2 is 1.36 bits per heavy atom. The Balaban J connectivity index is 2.40. The SMILES string of the molecule is Cc1c(C)c(C)c(-c2nc3ccccc3c(=O)[nH]2)c(C)c1C. The van der Waals surface area contributed by atoms with Crippen molar-refractivity contribution >= 4 is 10.9 Å². The quantitative estimate of drug-likeness (QED) is 0.733. The monoisotopic (exact) mass is 292 g/mol. The first-order valence-electron chi connectivity index (χ1n) is 7.48. The van der Waals surface area contributed by atoms with Gasteiger partial charge in [0.2, 0.25) is 0 Å². The first kappa shape index (κ1) is 14.5. The summed E-state index contributed by atoms with van der Waals surface area (Å²) in [7, 11) is 0. The molecule has 0 saturated carbocycles. The van der Waals surface area contributed by atoms with Crippen LogP contribution in [0.25, 0.3) is 22.3 Å². The second kappa shape index (κ2) is 5.09.